The molecule has 9 heteroatoms. The van der Waals surface area contributed by atoms with E-state index in [0.717, 1.165) is 34.1 Å². The second kappa shape index (κ2) is 8.90. The van der Waals surface area contributed by atoms with E-state index in [9.17, 15) is 4.79 Å². The summed E-state index contributed by atoms with van der Waals surface area (Å²) in [4.78, 5) is 13.2. The van der Waals surface area contributed by atoms with Gasteiger partial charge in [0.1, 0.15) is 5.75 Å². The fourth-order valence-corrected chi connectivity index (χ4v) is 4.97. The monoisotopic (exact) mass is 476 g/mol. The number of thioether (sulfide) groups is 1. The van der Waals surface area contributed by atoms with Gasteiger partial charge in [0.25, 0.3) is 0 Å². The number of methoxy groups -OCH3 is 1. The quantitative estimate of drug-likeness (QED) is 0.285. The van der Waals surface area contributed by atoms with Crippen LogP contribution in [0.2, 0.25) is 0 Å². The van der Waals surface area contributed by atoms with Crippen LogP contribution in [0.3, 0.4) is 0 Å². The molecule has 174 valence electrons. The number of rotatable bonds is 7. The minimum absolute atomic E-state index is 0.0342. The highest BCUT2D eigenvalue weighted by molar-refractivity contribution is 7.99. The van der Waals surface area contributed by atoms with Gasteiger partial charge in [-0.3, -0.25) is 4.79 Å². The van der Waals surface area contributed by atoms with Crippen molar-refractivity contribution >= 4 is 17.5 Å². The number of hydrogen-bond acceptors (Lipinski definition) is 7. The minimum Gasteiger partial charge on any atom is -0.496 e. The van der Waals surface area contributed by atoms with Gasteiger partial charge in [-0.25, -0.2) is 0 Å². The van der Waals surface area contributed by atoms with E-state index in [0.29, 0.717) is 22.3 Å². The highest BCUT2D eigenvalue weighted by Gasteiger charge is 2.21. The van der Waals surface area contributed by atoms with Gasteiger partial charge in [-0.2, -0.15) is 0 Å². The van der Waals surface area contributed by atoms with Gasteiger partial charge in [-0.05, 0) is 44.2 Å². The molecule has 5 rings (SSSR count). The Morgan fingerprint density at radius 2 is 1.88 bits per heavy atom. The molecule has 0 saturated heterocycles. The Morgan fingerprint density at radius 3 is 2.71 bits per heavy atom. The maximum atomic E-state index is 13.2. The van der Waals surface area contributed by atoms with Crippen molar-refractivity contribution < 1.29 is 19.0 Å². The Labute approximate surface area is 201 Å². The van der Waals surface area contributed by atoms with Crippen LogP contribution in [-0.2, 0) is 7.05 Å². The first-order valence-corrected chi connectivity index (χ1v) is 11.7. The topological polar surface area (TPSA) is 80.4 Å². The summed E-state index contributed by atoms with van der Waals surface area (Å²) in [6.45, 7) is 4.17. The molecule has 2 aromatic carbocycles. The minimum atomic E-state index is 0.0342. The standard InChI is InChI=1S/C25H24N4O4S/c1-15-11-19(16(2)29(15)17-9-10-22-23(12-17)33-14-32-22)20(30)13-34-25-27-26-24(28(25)3)18-7-5-6-8-21(18)31-4/h5-12H,13-14H2,1-4H3. The summed E-state index contributed by atoms with van der Waals surface area (Å²) < 4.78 is 20.3. The Balaban J connectivity index is 1.35. The van der Waals surface area contributed by atoms with Gasteiger partial charge < -0.3 is 23.3 Å². The lowest BCUT2D eigenvalue weighted by atomic mass is 10.2. The molecule has 3 heterocycles. The van der Waals surface area contributed by atoms with Gasteiger partial charge in [-0.1, -0.05) is 23.9 Å². The number of fused-ring (bicyclic) bond motifs is 1. The smallest absolute Gasteiger partial charge is 0.231 e. The Hall–Kier alpha value is -3.72. The summed E-state index contributed by atoms with van der Waals surface area (Å²) in [7, 11) is 3.52. The molecule has 0 unspecified atom stereocenters. The summed E-state index contributed by atoms with van der Waals surface area (Å²) in [6.07, 6.45) is 0. The molecule has 0 bridgehead atoms. The molecule has 0 amide bonds. The maximum Gasteiger partial charge on any atom is 0.231 e. The lowest BCUT2D eigenvalue weighted by Gasteiger charge is -2.11. The molecule has 0 atom stereocenters. The van der Waals surface area contributed by atoms with Crippen LogP contribution >= 0.6 is 11.8 Å². The Kier molecular flexibility index (Phi) is 5.79. The third kappa shape index (κ3) is 3.81. The Bertz CT molecular complexity index is 1390. The zero-order valence-electron chi connectivity index (χ0n) is 19.4. The third-order valence-corrected chi connectivity index (χ3v) is 6.88. The van der Waals surface area contributed by atoms with E-state index >= 15 is 0 Å². The van der Waals surface area contributed by atoms with E-state index in [-0.39, 0.29) is 18.3 Å². The van der Waals surface area contributed by atoms with Crippen molar-refractivity contribution in [1.29, 1.82) is 0 Å². The van der Waals surface area contributed by atoms with E-state index in [1.54, 1.807) is 7.11 Å². The largest absolute Gasteiger partial charge is 0.496 e. The van der Waals surface area contributed by atoms with E-state index in [1.807, 2.05) is 74.0 Å². The van der Waals surface area contributed by atoms with Crippen LogP contribution in [0, 0.1) is 13.8 Å². The van der Waals surface area contributed by atoms with Crippen LogP contribution in [0.4, 0.5) is 0 Å². The second-order valence-corrected chi connectivity index (χ2v) is 8.88. The lowest BCUT2D eigenvalue weighted by Crippen LogP contribution is -2.06. The van der Waals surface area contributed by atoms with Crippen molar-refractivity contribution in [1.82, 2.24) is 19.3 Å². The first-order valence-electron chi connectivity index (χ1n) is 10.8. The number of nitrogens with zero attached hydrogens (tertiary/aromatic N) is 4. The highest BCUT2D eigenvalue weighted by atomic mass is 32.2. The van der Waals surface area contributed by atoms with Crippen LogP contribution in [0.1, 0.15) is 21.7 Å². The molecule has 0 aliphatic carbocycles. The second-order valence-electron chi connectivity index (χ2n) is 7.94. The molecule has 2 aromatic heterocycles. The number of para-hydroxylation sites is 1. The van der Waals surface area contributed by atoms with Crippen molar-refractivity contribution in [2.45, 2.75) is 19.0 Å². The molecular formula is C25H24N4O4S. The summed E-state index contributed by atoms with van der Waals surface area (Å²) in [5.41, 5.74) is 4.33. The number of aryl methyl sites for hydroxylation is 1. The van der Waals surface area contributed by atoms with Gasteiger partial charge in [0.2, 0.25) is 6.79 Å². The average Bonchev–Trinajstić information content (AvgIpc) is 3.54. The van der Waals surface area contributed by atoms with E-state index in [1.165, 1.54) is 11.8 Å². The molecule has 1 aliphatic heterocycles. The highest BCUT2D eigenvalue weighted by Crippen LogP contribution is 2.35. The summed E-state index contributed by atoms with van der Waals surface area (Å²) >= 11 is 1.37. The normalized spacial score (nSPS) is 12.2. The molecule has 0 N–H and O–H groups in total. The van der Waals surface area contributed by atoms with Gasteiger partial charge in [0.05, 0.1) is 18.4 Å². The van der Waals surface area contributed by atoms with Gasteiger partial charge in [0.15, 0.2) is 28.3 Å². The lowest BCUT2D eigenvalue weighted by molar-refractivity contribution is 0.102. The van der Waals surface area contributed by atoms with Crippen molar-refractivity contribution in [3.63, 3.8) is 0 Å². The summed E-state index contributed by atoms with van der Waals surface area (Å²) in [5.74, 6) is 3.14. The Morgan fingerprint density at radius 1 is 1.09 bits per heavy atom. The van der Waals surface area contributed by atoms with E-state index < -0.39 is 0 Å². The molecule has 1 aliphatic rings. The molecule has 4 aromatic rings. The van der Waals surface area contributed by atoms with Gasteiger partial charge in [0, 0.05) is 35.8 Å². The third-order valence-electron chi connectivity index (χ3n) is 5.86. The first-order chi connectivity index (χ1) is 16.5. The number of ether oxygens (including phenoxy) is 3. The van der Waals surface area contributed by atoms with Crippen LogP contribution in [0.15, 0.2) is 53.7 Å². The average molecular weight is 477 g/mol. The van der Waals surface area contributed by atoms with E-state index in [4.69, 9.17) is 14.2 Å². The van der Waals surface area contributed by atoms with Crippen LogP contribution in [0.25, 0.3) is 17.1 Å². The molecule has 0 fully saturated rings. The molecule has 34 heavy (non-hydrogen) atoms. The fraction of sp³-hybridized carbons (Fsp3) is 0.240. The maximum absolute atomic E-state index is 13.2. The van der Waals surface area contributed by atoms with Crippen LogP contribution < -0.4 is 14.2 Å². The summed E-state index contributed by atoms with van der Waals surface area (Å²) in [5, 5.41) is 9.29. The van der Waals surface area contributed by atoms with Crippen molar-refractivity contribution in [2.24, 2.45) is 7.05 Å². The zero-order chi connectivity index (χ0) is 23.8. The molecule has 0 saturated carbocycles. The van der Waals surface area contributed by atoms with Gasteiger partial charge in [-0.15, -0.1) is 10.2 Å². The number of carbonyl (C=O) groups excluding carboxylic acids is 1. The van der Waals surface area contributed by atoms with Crippen molar-refractivity contribution in [3.8, 4) is 34.3 Å². The first kappa shape index (κ1) is 22.1. The number of benzene rings is 2. The zero-order valence-corrected chi connectivity index (χ0v) is 20.2. The SMILES string of the molecule is COc1ccccc1-c1nnc(SCC(=O)c2cc(C)n(-c3ccc4c(c3)OCO4)c2C)n1C. The van der Waals surface area contributed by atoms with Gasteiger partial charge >= 0.3 is 0 Å². The number of carbonyl (C=O) groups is 1. The number of Topliss-reactive ketones (excluding diaryl/α,β-unsaturated/α-hetero) is 1. The molecular weight excluding hydrogens is 452 g/mol. The fourth-order valence-electron chi connectivity index (χ4n) is 4.18. The molecule has 0 radical (unpaired) electrons. The number of hydrogen-bond donors (Lipinski definition) is 0. The van der Waals surface area contributed by atoms with Crippen LogP contribution in [0.5, 0.6) is 17.2 Å². The van der Waals surface area contributed by atoms with E-state index in [2.05, 4.69) is 14.8 Å². The molecule has 0 spiro atoms. The predicted molar refractivity (Wildman–Crippen MR) is 129 cm³/mol. The summed E-state index contributed by atoms with van der Waals surface area (Å²) in [6, 6.07) is 15.4. The van der Waals surface area contributed by atoms with Crippen LogP contribution in [-0.4, -0.2) is 44.8 Å². The predicted octanol–water partition coefficient (Wildman–Crippen LogP) is 4.60. The van der Waals surface area contributed by atoms with Crippen molar-refractivity contribution in [3.05, 3.63) is 65.5 Å². The van der Waals surface area contributed by atoms with Crippen molar-refractivity contribution in [2.75, 3.05) is 19.7 Å². The number of aromatic nitrogens is 4. The molecule has 8 nitrogen and oxygen atoms in total. The number of ketones is 1.